The van der Waals surface area contributed by atoms with E-state index in [1.165, 1.54) is 12.1 Å². The number of halogens is 1. The van der Waals surface area contributed by atoms with Gasteiger partial charge in [-0.1, -0.05) is 5.16 Å². The molecular formula is C15H16FN3OS. The van der Waals surface area contributed by atoms with E-state index in [1.54, 1.807) is 12.1 Å². The van der Waals surface area contributed by atoms with Crippen molar-refractivity contribution in [2.75, 3.05) is 13.1 Å². The SMILES string of the molecule is CCNC(=S)N1CCc2noc(-c3ccc(F)cc3)c2C1. The van der Waals surface area contributed by atoms with Crippen LogP contribution in [0.5, 0.6) is 0 Å². The Morgan fingerprint density at radius 3 is 2.90 bits per heavy atom. The maximum atomic E-state index is 13.0. The van der Waals surface area contributed by atoms with Gasteiger partial charge in [0.2, 0.25) is 0 Å². The molecule has 0 radical (unpaired) electrons. The lowest BCUT2D eigenvalue weighted by Crippen LogP contribution is -2.42. The molecule has 0 fully saturated rings. The molecule has 0 saturated heterocycles. The minimum atomic E-state index is -0.262. The van der Waals surface area contributed by atoms with Crippen LogP contribution in [-0.2, 0) is 13.0 Å². The van der Waals surface area contributed by atoms with Crippen LogP contribution in [0.15, 0.2) is 28.8 Å². The fraction of sp³-hybridized carbons (Fsp3) is 0.333. The van der Waals surface area contributed by atoms with Gasteiger partial charge in [-0.05, 0) is 43.4 Å². The van der Waals surface area contributed by atoms with Crippen LogP contribution in [0.3, 0.4) is 0 Å². The van der Waals surface area contributed by atoms with Gasteiger partial charge >= 0.3 is 0 Å². The fourth-order valence-corrected chi connectivity index (χ4v) is 2.78. The summed E-state index contributed by atoms with van der Waals surface area (Å²) in [5.41, 5.74) is 2.83. The standard InChI is InChI=1S/C15H16FN3OS/c1-2-17-15(21)19-8-7-13-12(9-19)14(20-18-13)10-3-5-11(16)6-4-10/h3-6H,2,7-9H2,1H3,(H,17,21). The van der Waals surface area contributed by atoms with Gasteiger partial charge in [0.1, 0.15) is 5.82 Å². The van der Waals surface area contributed by atoms with Crippen LogP contribution in [-0.4, -0.2) is 28.3 Å². The van der Waals surface area contributed by atoms with Gasteiger partial charge in [-0.2, -0.15) is 0 Å². The minimum Gasteiger partial charge on any atom is -0.363 e. The summed E-state index contributed by atoms with van der Waals surface area (Å²) in [6.07, 6.45) is 0.797. The normalized spacial score (nSPS) is 13.9. The molecule has 1 aliphatic heterocycles. The van der Waals surface area contributed by atoms with Crippen LogP contribution in [0, 0.1) is 5.82 Å². The number of benzene rings is 1. The third-order valence-corrected chi connectivity index (χ3v) is 3.96. The molecule has 0 spiro atoms. The number of nitrogens with zero attached hydrogens (tertiary/aromatic N) is 2. The Morgan fingerprint density at radius 1 is 1.43 bits per heavy atom. The van der Waals surface area contributed by atoms with E-state index in [0.717, 1.165) is 41.4 Å². The zero-order valence-electron chi connectivity index (χ0n) is 11.7. The van der Waals surface area contributed by atoms with Crippen molar-refractivity contribution < 1.29 is 8.91 Å². The third kappa shape index (κ3) is 2.76. The Bertz CT molecular complexity index is 653. The van der Waals surface area contributed by atoms with Crippen LogP contribution in [0.25, 0.3) is 11.3 Å². The van der Waals surface area contributed by atoms with Gasteiger partial charge in [0.25, 0.3) is 0 Å². The lowest BCUT2D eigenvalue weighted by atomic mass is 10.0. The van der Waals surface area contributed by atoms with E-state index in [4.69, 9.17) is 16.7 Å². The molecule has 1 N–H and O–H groups in total. The highest BCUT2D eigenvalue weighted by Gasteiger charge is 2.25. The second-order valence-corrected chi connectivity index (χ2v) is 5.34. The van der Waals surface area contributed by atoms with E-state index in [2.05, 4.69) is 15.4 Å². The maximum Gasteiger partial charge on any atom is 0.172 e. The molecule has 3 rings (SSSR count). The molecule has 4 nitrogen and oxygen atoms in total. The number of fused-ring (bicyclic) bond motifs is 1. The molecule has 2 aromatic rings. The highest BCUT2D eigenvalue weighted by Crippen LogP contribution is 2.30. The quantitative estimate of drug-likeness (QED) is 0.864. The molecule has 0 atom stereocenters. The molecule has 6 heteroatoms. The van der Waals surface area contributed by atoms with Crippen molar-refractivity contribution in [2.45, 2.75) is 19.9 Å². The molecule has 1 aliphatic rings. The minimum absolute atomic E-state index is 0.262. The second kappa shape index (κ2) is 5.81. The molecule has 2 heterocycles. The molecule has 1 aromatic heterocycles. The lowest BCUT2D eigenvalue weighted by molar-refractivity contribution is 0.383. The largest absolute Gasteiger partial charge is 0.363 e. The first kappa shape index (κ1) is 14.0. The first-order valence-electron chi connectivity index (χ1n) is 6.95. The van der Waals surface area contributed by atoms with E-state index >= 15 is 0 Å². The molecular weight excluding hydrogens is 289 g/mol. The predicted molar refractivity (Wildman–Crippen MR) is 82.3 cm³/mol. The fourth-order valence-electron chi connectivity index (χ4n) is 2.48. The summed E-state index contributed by atoms with van der Waals surface area (Å²) in [6, 6.07) is 6.26. The molecule has 110 valence electrons. The third-order valence-electron chi connectivity index (χ3n) is 3.56. The Morgan fingerprint density at radius 2 is 2.19 bits per heavy atom. The molecule has 0 amide bonds. The number of rotatable bonds is 2. The van der Waals surface area contributed by atoms with Crippen molar-refractivity contribution in [3.63, 3.8) is 0 Å². The molecule has 1 aromatic carbocycles. The van der Waals surface area contributed by atoms with Crippen molar-refractivity contribution >= 4 is 17.3 Å². The van der Waals surface area contributed by atoms with E-state index in [0.29, 0.717) is 12.3 Å². The number of hydrogen-bond acceptors (Lipinski definition) is 3. The number of hydrogen-bond donors (Lipinski definition) is 1. The smallest absolute Gasteiger partial charge is 0.172 e. The monoisotopic (exact) mass is 305 g/mol. The van der Waals surface area contributed by atoms with E-state index in [-0.39, 0.29) is 5.82 Å². The van der Waals surface area contributed by atoms with E-state index in [9.17, 15) is 4.39 Å². The Labute approximate surface area is 127 Å². The lowest BCUT2D eigenvalue weighted by Gasteiger charge is -2.28. The summed E-state index contributed by atoms with van der Waals surface area (Å²) in [4.78, 5) is 2.10. The van der Waals surface area contributed by atoms with Gasteiger partial charge in [0, 0.05) is 30.6 Å². The van der Waals surface area contributed by atoms with Gasteiger partial charge in [-0.15, -0.1) is 0 Å². The van der Waals surface area contributed by atoms with Crippen LogP contribution in [0.4, 0.5) is 4.39 Å². The summed E-state index contributed by atoms with van der Waals surface area (Å²) in [5.74, 6) is 0.441. The van der Waals surface area contributed by atoms with Gasteiger partial charge in [-0.25, -0.2) is 4.39 Å². The zero-order valence-corrected chi connectivity index (χ0v) is 12.5. The summed E-state index contributed by atoms with van der Waals surface area (Å²) in [6.45, 7) is 4.31. The van der Waals surface area contributed by atoms with Crippen molar-refractivity contribution in [3.8, 4) is 11.3 Å². The first-order chi connectivity index (χ1) is 10.2. The predicted octanol–water partition coefficient (Wildman–Crippen LogP) is 2.73. The van der Waals surface area contributed by atoms with Crippen LogP contribution in [0.1, 0.15) is 18.2 Å². The number of nitrogens with one attached hydrogen (secondary N) is 1. The first-order valence-corrected chi connectivity index (χ1v) is 7.36. The summed E-state index contributed by atoms with van der Waals surface area (Å²) < 4.78 is 18.5. The average molecular weight is 305 g/mol. The van der Waals surface area contributed by atoms with Crippen molar-refractivity contribution in [2.24, 2.45) is 0 Å². The van der Waals surface area contributed by atoms with Crippen molar-refractivity contribution in [1.29, 1.82) is 0 Å². The Kier molecular flexibility index (Phi) is 3.88. The van der Waals surface area contributed by atoms with Crippen LogP contribution in [0.2, 0.25) is 0 Å². The molecule has 0 aliphatic carbocycles. The van der Waals surface area contributed by atoms with Gasteiger partial charge in [0.15, 0.2) is 10.9 Å². The molecule has 21 heavy (non-hydrogen) atoms. The topological polar surface area (TPSA) is 41.3 Å². The molecule has 0 unspecified atom stereocenters. The summed E-state index contributed by atoms with van der Waals surface area (Å²) in [5, 5.41) is 8.04. The number of aromatic nitrogens is 1. The number of thiocarbonyl (C=S) groups is 1. The summed E-state index contributed by atoms with van der Waals surface area (Å²) in [7, 11) is 0. The highest BCUT2D eigenvalue weighted by molar-refractivity contribution is 7.80. The van der Waals surface area contributed by atoms with Gasteiger partial charge in [0.05, 0.1) is 12.2 Å². The maximum absolute atomic E-state index is 13.0. The second-order valence-electron chi connectivity index (χ2n) is 4.95. The van der Waals surface area contributed by atoms with Crippen LogP contribution < -0.4 is 5.32 Å². The van der Waals surface area contributed by atoms with Gasteiger partial charge in [-0.3, -0.25) is 0 Å². The average Bonchev–Trinajstić information content (AvgIpc) is 2.91. The Hall–Kier alpha value is -1.95. The van der Waals surface area contributed by atoms with Crippen LogP contribution >= 0.6 is 12.2 Å². The molecule has 0 saturated carbocycles. The molecule has 0 bridgehead atoms. The van der Waals surface area contributed by atoms with Crippen molar-refractivity contribution in [3.05, 3.63) is 41.3 Å². The Balaban J connectivity index is 1.89. The van der Waals surface area contributed by atoms with E-state index in [1.807, 2.05) is 6.92 Å². The summed E-state index contributed by atoms with van der Waals surface area (Å²) >= 11 is 5.37. The van der Waals surface area contributed by atoms with E-state index < -0.39 is 0 Å². The highest BCUT2D eigenvalue weighted by atomic mass is 32.1. The van der Waals surface area contributed by atoms with Gasteiger partial charge < -0.3 is 14.7 Å². The zero-order chi connectivity index (χ0) is 14.8. The van der Waals surface area contributed by atoms with Crippen molar-refractivity contribution in [1.82, 2.24) is 15.4 Å².